The Labute approximate surface area is 195 Å². The first-order chi connectivity index (χ1) is 16.1. The summed E-state index contributed by atoms with van der Waals surface area (Å²) in [6.07, 6.45) is 6.02. The van der Waals surface area contributed by atoms with E-state index in [0.717, 1.165) is 36.1 Å². The number of benzene rings is 1. The lowest BCUT2D eigenvalue weighted by Gasteiger charge is -2.14. The predicted octanol–water partition coefficient (Wildman–Crippen LogP) is 3.08. The van der Waals surface area contributed by atoms with Crippen LogP contribution in [-0.2, 0) is 28.9 Å². The number of nitrogens with one attached hydrogen (secondary N) is 1. The molecule has 0 saturated carbocycles. The average molecular weight is 465 g/mol. The SMILES string of the molecule is CCOC(=O)c1ccccc1NC(=O)CSc1nc(=O)n(Cc2cccnc2)c2c1CCC2. The molecule has 3 aromatic rings. The van der Waals surface area contributed by atoms with Gasteiger partial charge in [-0.25, -0.2) is 9.59 Å². The van der Waals surface area contributed by atoms with E-state index in [0.29, 0.717) is 22.8 Å². The van der Waals surface area contributed by atoms with E-state index in [-0.39, 0.29) is 24.0 Å². The third kappa shape index (κ3) is 5.31. The van der Waals surface area contributed by atoms with Crippen LogP contribution in [0.3, 0.4) is 0 Å². The Kier molecular flexibility index (Phi) is 7.19. The standard InChI is InChI=1S/C24H24N4O4S/c1-2-32-23(30)17-8-3-4-10-19(17)26-21(29)15-33-22-18-9-5-11-20(18)28(24(31)27-22)14-16-7-6-12-25-13-16/h3-4,6-8,10,12-13H,2,5,9,11,14-15H2,1H3,(H,26,29). The third-order valence-corrected chi connectivity index (χ3v) is 6.32. The van der Waals surface area contributed by atoms with Crippen molar-refractivity contribution < 1.29 is 14.3 Å². The molecular weight excluding hydrogens is 440 g/mol. The van der Waals surface area contributed by atoms with Gasteiger partial charge in [-0.05, 0) is 49.9 Å². The van der Waals surface area contributed by atoms with Gasteiger partial charge in [0, 0.05) is 23.7 Å². The van der Waals surface area contributed by atoms with Crippen LogP contribution < -0.4 is 11.0 Å². The molecule has 1 aliphatic rings. The molecule has 0 aliphatic heterocycles. The second-order valence-electron chi connectivity index (χ2n) is 7.53. The number of rotatable bonds is 8. The van der Waals surface area contributed by atoms with Crippen molar-refractivity contribution in [3.63, 3.8) is 0 Å². The Morgan fingerprint density at radius 1 is 1.18 bits per heavy atom. The number of fused-ring (bicyclic) bond motifs is 1. The van der Waals surface area contributed by atoms with E-state index in [4.69, 9.17) is 4.74 Å². The molecule has 0 fully saturated rings. The average Bonchev–Trinajstić information content (AvgIpc) is 3.31. The second-order valence-corrected chi connectivity index (χ2v) is 8.49. The highest BCUT2D eigenvalue weighted by Gasteiger charge is 2.23. The smallest absolute Gasteiger partial charge is 0.349 e. The van der Waals surface area contributed by atoms with Crippen LogP contribution in [0.4, 0.5) is 5.69 Å². The summed E-state index contributed by atoms with van der Waals surface area (Å²) < 4.78 is 6.76. The molecule has 1 N–H and O–H groups in total. The first kappa shape index (κ1) is 22.7. The van der Waals surface area contributed by atoms with Crippen LogP contribution >= 0.6 is 11.8 Å². The molecule has 0 atom stereocenters. The fourth-order valence-corrected chi connectivity index (χ4v) is 4.72. The molecule has 2 aromatic heterocycles. The van der Waals surface area contributed by atoms with Gasteiger partial charge >= 0.3 is 11.7 Å². The van der Waals surface area contributed by atoms with Crippen LogP contribution in [-0.4, -0.2) is 38.8 Å². The molecule has 0 radical (unpaired) electrons. The molecule has 4 rings (SSSR count). The number of amides is 1. The van der Waals surface area contributed by atoms with Gasteiger partial charge in [0.25, 0.3) is 0 Å². The normalized spacial score (nSPS) is 12.3. The fraction of sp³-hybridized carbons (Fsp3) is 0.292. The van der Waals surface area contributed by atoms with Crippen molar-refractivity contribution in [2.75, 3.05) is 17.7 Å². The number of aromatic nitrogens is 3. The first-order valence-corrected chi connectivity index (χ1v) is 11.8. The van der Waals surface area contributed by atoms with E-state index in [9.17, 15) is 14.4 Å². The molecule has 33 heavy (non-hydrogen) atoms. The molecule has 2 heterocycles. The van der Waals surface area contributed by atoms with Crippen molar-refractivity contribution in [2.24, 2.45) is 0 Å². The predicted molar refractivity (Wildman–Crippen MR) is 126 cm³/mol. The van der Waals surface area contributed by atoms with Gasteiger partial charge in [-0.3, -0.25) is 14.3 Å². The van der Waals surface area contributed by atoms with Gasteiger partial charge in [0.1, 0.15) is 5.03 Å². The molecule has 1 amide bonds. The van der Waals surface area contributed by atoms with Crippen LogP contribution in [0.5, 0.6) is 0 Å². The van der Waals surface area contributed by atoms with Crippen LogP contribution in [0.15, 0.2) is 58.6 Å². The topological polar surface area (TPSA) is 103 Å². The summed E-state index contributed by atoms with van der Waals surface area (Å²) in [5.41, 5.74) is 3.32. The molecule has 0 bridgehead atoms. The zero-order valence-electron chi connectivity index (χ0n) is 18.2. The summed E-state index contributed by atoms with van der Waals surface area (Å²) in [6.45, 7) is 2.41. The zero-order chi connectivity index (χ0) is 23.2. The van der Waals surface area contributed by atoms with E-state index in [1.165, 1.54) is 11.8 Å². The second kappa shape index (κ2) is 10.4. The minimum absolute atomic E-state index is 0.0721. The van der Waals surface area contributed by atoms with Gasteiger partial charge < -0.3 is 10.1 Å². The number of esters is 1. The summed E-state index contributed by atoms with van der Waals surface area (Å²) in [5, 5.41) is 3.37. The molecule has 0 unspecified atom stereocenters. The highest BCUT2D eigenvalue weighted by molar-refractivity contribution is 8.00. The van der Waals surface area contributed by atoms with E-state index >= 15 is 0 Å². The number of hydrogen-bond acceptors (Lipinski definition) is 7. The minimum Gasteiger partial charge on any atom is -0.462 e. The van der Waals surface area contributed by atoms with Crippen LogP contribution in [0, 0.1) is 0 Å². The lowest BCUT2D eigenvalue weighted by atomic mass is 10.2. The van der Waals surface area contributed by atoms with Crippen molar-refractivity contribution in [3.05, 3.63) is 81.7 Å². The van der Waals surface area contributed by atoms with Gasteiger partial charge in [0.05, 0.1) is 30.2 Å². The maximum Gasteiger partial charge on any atom is 0.349 e. The molecule has 170 valence electrons. The van der Waals surface area contributed by atoms with E-state index in [1.54, 1.807) is 48.1 Å². The number of anilines is 1. The Morgan fingerprint density at radius 2 is 2.03 bits per heavy atom. The molecule has 9 heteroatoms. The molecule has 8 nitrogen and oxygen atoms in total. The number of thioether (sulfide) groups is 1. The maximum atomic E-state index is 12.8. The Balaban J connectivity index is 1.48. The van der Waals surface area contributed by atoms with Crippen LogP contribution in [0.1, 0.15) is 40.5 Å². The summed E-state index contributed by atoms with van der Waals surface area (Å²) in [5.74, 6) is -0.703. The van der Waals surface area contributed by atoms with Crippen molar-refractivity contribution in [1.29, 1.82) is 0 Å². The number of nitrogens with zero attached hydrogens (tertiary/aromatic N) is 3. The van der Waals surface area contributed by atoms with Crippen molar-refractivity contribution >= 4 is 29.3 Å². The van der Waals surface area contributed by atoms with E-state index in [2.05, 4.69) is 15.3 Å². The summed E-state index contributed by atoms with van der Waals surface area (Å²) in [7, 11) is 0. The number of ether oxygens (including phenoxy) is 1. The van der Waals surface area contributed by atoms with Gasteiger partial charge in [-0.15, -0.1) is 0 Å². The maximum absolute atomic E-state index is 12.8. The number of carbonyl (C=O) groups is 2. The van der Waals surface area contributed by atoms with Gasteiger partial charge in [0.15, 0.2) is 0 Å². The highest BCUT2D eigenvalue weighted by atomic mass is 32.2. The summed E-state index contributed by atoms with van der Waals surface area (Å²) in [6, 6.07) is 10.5. The number of carbonyl (C=O) groups excluding carboxylic acids is 2. The Morgan fingerprint density at radius 3 is 2.82 bits per heavy atom. The molecule has 1 aromatic carbocycles. The highest BCUT2D eigenvalue weighted by Crippen LogP contribution is 2.29. The first-order valence-electron chi connectivity index (χ1n) is 10.8. The largest absolute Gasteiger partial charge is 0.462 e. The third-order valence-electron chi connectivity index (χ3n) is 5.30. The van der Waals surface area contributed by atoms with Gasteiger partial charge in [-0.1, -0.05) is 30.0 Å². The molecule has 0 spiro atoms. The van der Waals surface area contributed by atoms with Gasteiger partial charge in [0.2, 0.25) is 5.91 Å². The van der Waals surface area contributed by atoms with Crippen LogP contribution in [0.2, 0.25) is 0 Å². The zero-order valence-corrected chi connectivity index (χ0v) is 19.1. The number of para-hydroxylation sites is 1. The quantitative estimate of drug-likeness (QED) is 0.310. The summed E-state index contributed by atoms with van der Waals surface area (Å²) >= 11 is 1.24. The lowest BCUT2D eigenvalue weighted by Crippen LogP contribution is -2.28. The summed E-state index contributed by atoms with van der Waals surface area (Å²) in [4.78, 5) is 45.9. The monoisotopic (exact) mass is 464 g/mol. The fourth-order valence-electron chi connectivity index (χ4n) is 3.84. The molecule has 1 aliphatic carbocycles. The Hall–Kier alpha value is -3.46. The lowest BCUT2D eigenvalue weighted by molar-refractivity contribution is -0.113. The number of hydrogen-bond donors (Lipinski definition) is 1. The minimum atomic E-state index is -0.488. The molecule has 0 saturated heterocycles. The van der Waals surface area contributed by atoms with Crippen LogP contribution in [0.25, 0.3) is 0 Å². The number of pyridine rings is 1. The van der Waals surface area contributed by atoms with Crippen molar-refractivity contribution in [3.8, 4) is 0 Å². The van der Waals surface area contributed by atoms with Crippen molar-refractivity contribution in [1.82, 2.24) is 14.5 Å². The van der Waals surface area contributed by atoms with E-state index in [1.807, 2.05) is 12.1 Å². The molecular formula is C24H24N4O4S. The Bertz CT molecular complexity index is 1230. The van der Waals surface area contributed by atoms with Gasteiger partial charge in [-0.2, -0.15) is 4.98 Å². The van der Waals surface area contributed by atoms with Crippen molar-refractivity contribution in [2.45, 2.75) is 37.8 Å². The van der Waals surface area contributed by atoms with E-state index < -0.39 is 5.97 Å².